The van der Waals surface area contributed by atoms with Crippen molar-refractivity contribution in [3.63, 3.8) is 0 Å². The first-order valence-corrected chi connectivity index (χ1v) is 6.42. The number of aryl methyl sites for hydroxylation is 1. The Morgan fingerprint density at radius 3 is 2.81 bits per heavy atom. The van der Waals surface area contributed by atoms with Gasteiger partial charge < -0.3 is 9.88 Å². The van der Waals surface area contributed by atoms with Gasteiger partial charge in [-0.15, -0.1) is 0 Å². The van der Waals surface area contributed by atoms with Crippen LogP contribution >= 0.6 is 0 Å². The van der Waals surface area contributed by atoms with Crippen molar-refractivity contribution in [1.29, 1.82) is 0 Å². The van der Waals surface area contributed by atoms with Crippen molar-refractivity contribution in [1.82, 2.24) is 14.9 Å². The molecule has 0 amide bonds. The Hall–Kier alpha value is -0.830. The summed E-state index contributed by atoms with van der Waals surface area (Å²) in [7, 11) is 0. The fraction of sp³-hybridized carbons (Fsp3) is 0.769. The van der Waals surface area contributed by atoms with Crippen LogP contribution in [-0.4, -0.2) is 16.1 Å². The van der Waals surface area contributed by atoms with E-state index in [1.165, 1.54) is 23.6 Å². The van der Waals surface area contributed by atoms with E-state index in [0.29, 0.717) is 12.0 Å². The fourth-order valence-electron chi connectivity index (χ4n) is 2.86. The second-order valence-electron chi connectivity index (χ2n) is 5.07. The summed E-state index contributed by atoms with van der Waals surface area (Å²) in [5, 5.41) is 3.39. The minimum Gasteiger partial charge on any atom is -0.329 e. The van der Waals surface area contributed by atoms with Crippen LogP contribution in [0.4, 0.5) is 0 Å². The summed E-state index contributed by atoms with van der Waals surface area (Å²) in [6.07, 6.45) is 2.31. The van der Waals surface area contributed by atoms with Crippen LogP contribution in [0.15, 0.2) is 0 Å². The molecule has 3 nitrogen and oxygen atoms in total. The monoisotopic (exact) mass is 221 g/mol. The molecule has 1 aromatic rings. The molecule has 1 unspecified atom stereocenters. The highest BCUT2D eigenvalue weighted by Crippen LogP contribution is 2.28. The average molecular weight is 221 g/mol. The zero-order valence-electron chi connectivity index (χ0n) is 10.9. The minimum absolute atomic E-state index is 0.606. The molecule has 3 heteroatoms. The Morgan fingerprint density at radius 1 is 1.44 bits per heavy atom. The first-order valence-electron chi connectivity index (χ1n) is 6.42. The molecule has 0 saturated heterocycles. The predicted molar refractivity (Wildman–Crippen MR) is 66.5 cm³/mol. The molecule has 0 aliphatic carbocycles. The van der Waals surface area contributed by atoms with E-state index in [2.05, 4.69) is 37.6 Å². The zero-order chi connectivity index (χ0) is 11.7. The minimum atomic E-state index is 0.606. The van der Waals surface area contributed by atoms with Gasteiger partial charge in [0.15, 0.2) is 0 Å². The number of hydrogen-bond acceptors (Lipinski definition) is 2. The van der Waals surface area contributed by atoms with Crippen molar-refractivity contribution in [3.8, 4) is 0 Å². The number of hydrogen-bond donors (Lipinski definition) is 1. The number of nitrogens with zero attached hydrogens (tertiary/aromatic N) is 2. The van der Waals surface area contributed by atoms with Gasteiger partial charge in [0.1, 0.15) is 5.82 Å². The third kappa shape index (κ3) is 1.88. The highest BCUT2D eigenvalue weighted by atomic mass is 15.1. The maximum absolute atomic E-state index is 4.70. The molecule has 1 aromatic heterocycles. The second-order valence-corrected chi connectivity index (χ2v) is 5.07. The number of aromatic nitrogens is 2. The van der Waals surface area contributed by atoms with Crippen LogP contribution < -0.4 is 5.32 Å². The lowest BCUT2D eigenvalue weighted by Gasteiger charge is -2.26. The SMILES string of the molecule is CCC(C(C)C)n1c(C)nc2c1CCNC2. The molecule has 0 bridgehead atoms. The number of rotatable bonds is 3. The van der Waals surface area contributed by atoms with Crippen molar-refractivity contribution in [3.05, 3.63) is 17.2 Å². The molecular weight excluding hydrogens is 198 g/mol. The van der Waals surface area contributed by atoms with Crippen molar-refractivity contribution in [2.24, 2.45) is 5.92 Å². The van der Waals surface area contributed by atoms with Crippen LogP contribution in [0.1, 0.15) is 50.4 Å². The van der Waals surface area contributed by atoms with E-state index in [-0.39, 0.29) is 0 Å². The van der Waals surface area contributed by atoms with Gasteiger partial charge >= 0.3 is 0 Å². The highest BCUT2D eigenvalue weighted by molar-refractivity contribution is 5.21. The molecule has 1 N–H and O–H groups in total. The van der Waals surface area contributed by atoms with E-state index in [0.717, 1.165) is 19.5 Å². The summed E-state index contributed by atoms with van der Waals surface area (Å²) >= 11 is 0. The molecule has 1 aliphatic rings. The smallest absolute Gasteiger partial charge is 0.106 e. The molecule has 0 aromatic carbocycles. The molecule has 0 spiro atoms. The fourth-order valence-corrected chi connectivity index (χ4v) is 2.86. The Balaban J connectivity index is 2.42. The van der Waals surface area contributed by atoms with E-state index in [4.69, 9.17) is 4.98 Å². The summed E-state index contributed by atoms with van der Waals surface area (Å²) in [4.78, 5) is 4.70. The number of imidazole rings is 1. The quantitative estimate of drug-likeness (QED) is 0.849. The van der Waals surface area contributed by atoms with Gasteiger partial charge in [0.05, 0.1) is 5.69 Å². The molecule has 0 radical (unpaired) electrons. The van der Waals surface area contributed by atoms with E-state index >= 15 is 0 Å². The number of nitrogens with one attached hydrogen (secondary N) is 1. The van der Waals surface area contributed by atoms with E-state index < -0.39 is 0 Å². The molecule has 2 heterocycles. The largest absolute Gasteiger partial charge is 0.329 e. The first-order chi connectivity index (χ1) is 7.65. The average Bonchev–Trinajstić information content (AvgIpc) is 2.57. The standard InChI is InChI=1S/C13H23N3/c1-5-12(9(2)3)16-10(4)15-11-8-14-7-6-13(11)16/h9,12,14H,5-8H2,1-4H3. The van der Waals surface area contributed by atoms with Gasteiger partial charge in [0.2, 0.25) is 0 Å². The van der Waals surface area contributed by atoms with Crippen molar-refractivity contribution < 1.29 is 0 Å². The van der Waals surface area contributed by atoms with E-state index in [9.17, 15) is 0 Å². The Morgan fingerprint density at radius 2 is 2.19 bits per heavy atom. The van der Waals surface area contributed by atoms with E-state index in [1.807, 2.05) is 0 Å². The Kier molecular flexibility index (Phi) is 3.33. The van der Waals surface area contributed by atoms with Crippen LogP contribution in [0.3, 0.4) is 0 Å². The van der Waals surface area contributed by atoms with Crippen LogP contribution in [0.25, 0.3) is 0 Å². The Labute approximate surface area is 98.3 Å². The first kappa shape index (κ1) is 11.6. The molecule has 1 aliphatic heterocycles. The molecule has 2 rings (SSSR count). The third-order valence-electron chi connectivity index (χ3n) is 3.62. The van der Waals surface area contributed by atoms with Crippen molar-refractivity contribution >= 4 is 0 Å². The summed E-state index contributed by atoms with van der Waals surface area (Å²) in [6, 6.07) is 0.606. The highest BCUT2D eigenvalue weighted by Gasteiger charge is 2.23. The lowest BCUT2D eigenvalue weighted by Crippen LogP contribution is -2.27. The molecular formula is C13H23N3. The summed E-state index contributed by atoms with van der Waals surface area (Å²) in [5.74, 6) is 1.87. The van der Waals surface area contributed by atoms with Gasteiger partial charge in [-0.1, -0.05) is 20.8 Å². The van der Waals surface area contributed by atoms with Gasteiger partial charge in [-0.25, -0.2) is 4.98 Å². The van der Waals surface area contributed by atoms with Gasteiger partial charge in [-0.2, -0.15) is 0 Å². The lowest BCUT2D eigenvalue weighted by atomic mass is 10.0. The maximum atomic E-state index is 4.70. The van der Waals surface area contributed by atoms with Gasteiger partial charge in [-0.05, 0) is 19.3 Å². The van der Waals surface area contributed by atoms with Gasteiger partial charge in [-0.3, -0.25) is 0 Å². The van der Waals surface area contributed by atoms with E-state index in [1.54, 1.807) is 0 Å². The molecule has 0 fully saturated rings. The topological polar surface area (TPSA) is 29.9 Å². The molecule has 1 atom stereocenters. The second kappa shape index (κ2) is 4.58. The van der Waals surface area contributed by atoms with Crippen LogP contribution in [0.2, 0.25) is 0 Å². The van der Waals surface area contributed by atoms with Crippen molar-refractivity contribution in [2.75, 3.05) is 6.54 Å². The predicted octanol–water partition coefficient (Wildman–Crippen LogP) is 2.44. The third-order valence-corrected chi connectivity index (χ3v) is 3.62. The number of fused-ring (bicyclic) bond motifs is 1. The Bertz CT molecular complexity index is 365. The summed E-state index contributed by atoms with van der Waals surface area (Å²) < 4.78 is 2.49. The van der Waals surface area contributed by atoms with Gasteiger partial charge in [0.25, 0.3) is 0 Å². The molecule has 16 heavy (non-hydrogen) atoms. The normalized spacial score (nSPS) is 17.6. The summed E-state index contributed by atoms with van der Waals surface area (Å²) in [5.41, 5.74) is 2.74. The maximum Gasteiger partial charge on any atom is 0.106 e. The lowest BCUT2D eigenvalue weighted by molar-refractivity contribution is 0.349. The molecule has 0 saturated carbocycles. The van der Waals surface area contributed by atoms with Crippen molar-refractivity contribution in [2.45, 2.75) is 53.1 Å². The van der Waals surface area contributed by atoms with Crippen LogP contribution in [-0.2, 0) is 13.0 Å². The summed E-state index contributed by atoms with van der Waals surface area (Å²) in [6.45, 7) is 11.1. The zero-order valence-corrected chi connectivity index (χ0v) is 10.9. The van der Waals surface area contributed by atoms with Crippen LogP contribution in [0.5, 0.6) is 0 Å². The van der Waals surface area contributed by atoms with Gasteiger partial charge in [0, 0.05) is 31.2 Å². The molecule has 90 valence electrons. The van der Waals surface area contributed by atoms with Crippen LogP contribution in [0, 0.1) is 12.8 Å².